The number of hydrogen-bond donors (Lipinski definition) is 15. The number of Topliss-reactive ketones (excluding diaryl/α,β-unsaturated/α-hetero) is 4. The van der Waals surface area contributed by atoms with Gasteiger partial charge in [-0.25, -0.2) is 21.7 Å². The van der Waals surface area contributed by atoms with Gasteiger partial charge in [0, 0.05) is 12.8 Å². The number of rotatable bonds is 16. The standard InChI is InChI=1S/C38H58N10O15/c1-19(52)30-38(63)41-21(11-13-29(54)55)31(56)33(58)25(16-49)42-35(60)23(10-12-28(40)53)46-47-24(15-20-7-3-2-4-8-20)36(61)43-26(17-50)34(59)32(57)22(9-5-6-14-39)45-48-27(18-51)37(62)44-30/h2-4,7-8,19,21-27,30,45-52H,5-6,9-18,39H2,1H3,(H2,40,53)(H,41,63)(H,42,60)(H,43,61)(H,44,62)(H,54,55)/t19-,21+,22+,23?,24+,25?,26+,27+,30+/m1/s1. The topological polar surface area (TPSA) is 420 Å². The summed E-state index contributed by atoms with van der Waals surface area (Å²) in [6, 6.07) is -5.69. The van der Waals surface area contributed by atoms with Crippen LogP contribution >= 0.6 is 0 Å². The van der Waals surface area contributed by atoms with Crippen LogP contribution < -0.4 is 54.4 Å². The predicted octanol–water partition coefficient (Wildman–Crippen LogP) is -7.26. The van der Waals surface area contributed by atoms with Crippen molar-refractivity contribution in [2.24, 2.45) is 11.5 Å². The van der Waals surface area contributed by atoms with Crippen molar-refractivity contribution in [3.63, 3.8) is 0 Å². The smallest absolute Gasteiger partial charge is 0.303 e. The average Bonchev–Trinajstić information content (AvgIpc) is 3.25. The average molecular weight is 895 g/mol. The van der Waals surface area contributed by atoms with Crippen molar-refractivity contribution in [2.75, 3.05) is 26.4 Å². The van der Waals surface area contributed by atoms with Crippen LogP contribution in [0.2, 0.25) is 0 Å². The minimum Gasteiger partial charge on any atom is -0.481 e. The molecule has 1 aromatic rings. The number of carbonyl (C=O) groups excluding carboxylic acids is 9. The number of carboxylic acids is 1. The highest BCUT2D eigenvalue weighted by atomic mass is 16.4. The van der Waals surface area contributed by atoms with Crippen LogP contribution in [0.3, 0.4) is 0 Å². The van der Waals surface area contributed by atoms with Crippen LogP contribution in [0.15, 0.2) is 30.3 Å². The third-order valence-electron chi connectivity index (χ3n) is 9.68. The molecule has 9 atom stereocenters. The Labute approximate surface area is 361 Å². The summed E-state index contributed by atoms with van der Waals surface area (Å²) in [5.74, 6) is -12.5. The number of hydrazine groups is 2. The first-order valence-corrected chi connectivity index (χ1v) is 20.0. The van der Waals surface area contributed by atoms with Crippen LogP contribution in [0.25, 0.3) is 0 Å². The lowest BCUT2D eigenvalue weighted by Crippen LogP contribution is -2.63. The number of ketones is 4. The zero-order chi connectivity index (χ0) is 47.2. The molecule has 0 bridgehead atoms. The van der Waals surface area contributed by atoms with Gasteiger partial charge in [0.2, 0.25) is 52.7 Å². The number of primary amides is 1. The molecule has 5 amide bonds. The molecular weight excluding hydrogens is 836 g/mol. The fraction of sp³-hybridized carbons (Fsp3) is 0.579. The van der Waals surface area contributed by atoms with Crippen molar-refractivity contribution >= 4 is 58.6 Å². The zero-order valence-corrected chi connectivity index (χ0v) is 34.5. The number of carboxylic acid groups (broad SMARTS) is 1. The van der Waals surface area contributed by atoms with Crippen LogP contribution in [0.5, 0.6) is 0 Å². The molecule has 1 aliphatic rings. The van der Waals surface area contributed by atoms with E-state index in [1.807, 2.05) is 0 Å². The Kier molecular flexibility index (Phi) is 23.3. The van der Waals surface area contributed by atoms with Crippen LogP contribution in [0.1, 0.15) is 57.4 Å². The molecule has 1 heterocycles. The van der Waals surface area contributed by atoms with E-state index >= 15 is 0 Å². The van der Waals surface area contributed by atoms with Gasteiger partial charge in [0.25, 0.3) is 0 Å². The highest BCUT2D eigenvalue weighted by Crippen LogP contribution is 2.10. The van der Waals surface area contributed by atoms with E-state index in [-0.39, 0.29) is 25.8 Å². The van der Waals surface area contributed by atoms with Gasteiger partial charge < -0.3 is 58.3 Å². The molecular formula is C38H58N10O15. The summed E-state index contributed by atoms with van der Waals surface area (Å²) < 4.78 is 0. The van der Waals surface area contributed by atoms with Crippen molar-refractivity contribution in [1.82, 2.24) is 43.0 Å². The molecule has 63 heavy (non-hydrogen) atoms. The minimum atomic E-state index is -2.04. The highest BCUT2D eigenvalue weighted by molar-refractivity contribution is 6.42. The molecule has 1 aromatic carbocycles. The van der Waals surface area contributed by atoms with E-state index in [9.17, 15) is 73.5 Å². The van der Waals surface area contributed by atoms with Gasteiger partial charge in [-0.2, -0.15) is 0 Å². The number of nitrogens with one attached hydrogen (secondary N) is 8. The predicted molar refractivity (Wildman–Crippen MR) is 217 cm³/mol. The van der Waals surface area contributed by atoms with Crippen LogP contribution in [-0.2, 0) is 54.4 Å². The fourth-order valence-electron chi connectivity index (χ4n) is 6.05. The van der Waals surface area contributed by atoms with Crippen molar-refractivity contribution in [2.45, 2.75) is 113 Å². The molecule has 1 fully saturated rings. The second kappa shape index (κ2) is 27.4. The third-order valence-corrected chi connectivity index (χ3v) is 9.68. The van der Waals surface area contributed by atoms with E-state index in [0.717, 1.165) is 6.92 Å². The molecule has 0 aromatic heterocycles. The SMILES string of the molecule is C[C@@H](O)[C@@H]1NC(=O)[C@H](CO)NN[C@@H](CCCCN)C(=O)C(=O)[C@H](CO)NC(=O)[C@H](Cc2ccccc2)NNC(CCC(N)=O)C(=O)NC(CO)C(=O)C(=O)[C@H](CCC(=O)O)NC1=O. The maximum atomic E-state index is 13.8. The Bertz CT molecular complexity index is 1770. The molecule has 25 heteroatoms. The number of hydrogen-bond acceptors (Lipinski definition) is 19. The number of aliphatic carboxylic acids is 1. The first-order valence-electron chi connectivity index (χ1n) is 20.0. The molecule has 0 aliphatic carbocycles. The van der Waals surface area contributed by atoms with Crippen LogP contribution in [-0.4, -0.2) is 165 Å². The van der Waals surface area contributed by atoms with E-state index in [1.165, 1.54) is 0 Å². The lowest BCUT2D eigenvalue weighted by molar-refractivity contribution is -0.143. The summed E-state index contributed by atoms with van der Waals surface area (Å²) in [5.41, 5.74) is 21.5. The van der Waals surface area contributed by atoms with Crippen molar-refractivity contribution < 1.29 is 73.5 Å². The quantitative estimate of drug-likeness (QED) is 0.0541. The number of benzene rings is 1. The van der Waals surface area contributed by atoms with Crippen molar-refractivity contribution in [3.05, 3.63) is 35.9 Å². The van der Waals surface area contributed by atoms with E-state index in [0.29, 0.717) is 12.0 Å². The van der Waals surface area contributed by atoms with E-state index in [4.69, 9.17) is 11.5 Å². The molecule has 350 valence electrons. The lowest BCUT2D eigenvalue weighted by atomic mass is 9.98. The zero-order valence-electron chi connectivity index (χ0n) is 34.5. The number of amides is 5. The number of nitrogens with two attached hydrogens (primary N) is 2. The molecule has 1 aliphatic heterocycles. The van der Waals surface area contributed by atoms with Gasteiger partial charge in [-0.1, -0.05) is 36.8 Å². The summed E-state index contributed by atoms with van der Waals surface area (Å²) in [6.07, 6.45) is -3.78. The maximum absolute atomic E-state index is 13.8. The first-order chi connectivity index (χ1) is 29.9. The molecule has 0 spiro atoms. The molecule has 2 rings (SSSR count). The molecule has 25 nitrogen and oxygen atoms in total. The first kappa shape index (κ1) is 53.5. The van der Waals surface area contributed by atoms with Gasteiger partial charge in [-0.3, -0.25) is 47.9 Å². The minimum absolute atomic E-state index is 0.0994. The monoisotopic (exact) mass is 894 g/mol. The third kappa shape index (κ3) is 17.6. The Balaban J connectivity index is 2.71. The van der Waals surface area contributed by atoms with Crippen molar-refractivity contribution in [1.29, 1.82) is 0 Å². The summed E-state index contributed by atoms with van der Waals surface area (Å²) >= 11 is 0. The van der Waals surface area contributed by atoms with Crippen molar-refractivity contribution in [3.8, 4) is 0 Å². The fourth-order valence-corrected chi connectivity index (χ4v) is 6.05. The Morgan fingerprint density at radius 3 is 1.57 bits per heavy atom. The molecule has 17 N–H and O–H groups in total. The number of unbranched alkanes of at least 4 members (excludes halogenated alkanes) is 1. The lowest BCUT2D eigenvalue weighted by Gasteiger charge is -2.28. The van der Waals surface area contributed by atoms with Gasteiger partial charge in [-0.15, -0.1) is 0 Å². The van der Waals surface area contributed by atoms with Gasteiger partial charge in [0.15, 0.2) is 0 Å². The second-order valence-corrected chi connectivity index (χ2v) is 14.6. The van der Waals surface area contributed by atoms with E-state index in [2.05, 4.69) is 43.0 Å². The largest absolute Gasteiger partial charge is 0.481 e. The summed E-state index contributed by atoms with van der Waals surface area (Å²) in [6.45, 7) is -2.08. The number of aliphatic hydroxyl groups excluding tert-OH is 4. The molecule has 0 saturated carbocycles. The molecule has 2 unspecified atom stereocenters. The van der Waals surface area contributed by atoms with Gasteiger partial charge in [0.1, 0.15) is 36.3 Å². The normalized spacial score (nSPS) is 26.1. The molecule has 0 radical (unpaired) electrons. The van der Waals surface area contributed by atoms with Crippen LogP contribution in [0.4, 0.5) is 0 Å². The summed E-state index contributed by atoms with van der Waals surface area (Å²) in [4.78, 5) is 132. The van der Waals surface area contributed by atoms with Gasteiger partial charge >= 0.3 is 5.97 Å². The maximum Gasteiger partial charge on any atom is 0.303 e. The van der Waals surface area contributed by atoms with E-state index in [1.54, 1.807) is 30.3 Å². The number of carbonyl (C=O) groups is 10. The highest BCUT2D eigenvalue weighted by Gasteiger charge is 2.38. The van der Waals surface area contributed by atoms with Gasteiger partial charge in [-0.05, 0) is 51.1 Å². The second-order valence-electron chi connectivity index (χ2n) is 14.6. The van der Waals surface area contributed by atoms with E-state index < -0.39 is 159 Å². The molecule has 1 saturated heterocycles. The number of aliphatic hydroxyl groups is 4. The Morgan fingerprint density at radius 1 is 0.587 bits per heavy atom. The Morgan fingerprint density at radius 2 is 1.05 bits per heavy atom. The van der Waals surface area contributed by atoms with Gasteiger partial charge in [0.05, 0.1) is 38.0 Å². The summed E-state index contributed by atoms with van der Waals surface area (Å²) in [5, 5.41) is 58.9. The summed E-state index contributed by atoms with van der Waals surface area (Å²) in [7, 11) is 0. The Hall–Kier alpha value is -5.64. The van der Waals surface area contributed by atoms with Crippen LogP contribution in [0, 0.1) is 0 Å².